The van der Waals surface area contributed by atoms with Gasteiger partial charge in [0.05, 0.1) is 5.56 Å². The minimum atomic E-state index is -0.610. The van der Waals surface area contributed by atoms with Crippen LogP contribution >= 0.6 is 11.9 Å². The highest BCUT2D eigenvalue weighted by atomic mass is 32.2. The molecule has 3 aromatic rings. The van der Waals surface area contributed by atoms with Crippen LogP contribution in [0.4, 0.5) is 20.6 Å². The van der Waals surface area contributed by atoms with Crippen LogP contribution in [0.25, 0.3) is 0 Å². The molecule has 10 heteroatoms. The van der Waals surface area contributed by atoms with Gasteiger partial charge in [-0.2, -0.15) is 0 Å². The van der Waals surface area contributed by atoms with Gasteiger partial charge in [0.1, 0.15) is 5.82 Å². The molecular weight excluding hydrogens is 421 g/mol. The lowest BCUT2D eigenvalue weighted by Crippen LogP contribution is -2.30. The smallest absolute Gasteiger partial charge is 0.322 e. The Bertz CT molecular complexity index is 1110. The van der Waals surface area contributed by atoms with E-state index in [1.54, 1.807) is 54.6 Å². The Morgan fingerprint density at radius 3 is 2.16 bits per heavy atom. The van der Waals surface area contributed by atoms with Crippen LogP contribution in [0.2, 0.25) is 0 Å². The number of hydrazine groups is 1. The SMILES string of the molecule is NNC(=O)c1cccc(SNC(=O)Nc2ccc(NC(=O)c3ccccc3F)cc2)c1. The number of nitrogens with one attached hydrogen (secondary N) is 4. The third-order valence-electron chi connectivity index (χ3n) is 4.01. The molecule has 0 saturated heterocycles. The molecule has 0 atom stereocenters. The molecule has 3 rings (SSSR count). The zero-order chi connectivity index (χ0) is 22.2. The van der Waals surface area contributed by atoms with Crippen LogP contribution in [0.1, 0.15) is 20.7 Å². The number of hydrogen-bond acceptors (Lipinski definition) is 5. The summed E-state index contributed by atoms with van der Waals surface area (Å²) in [6.45, 7) is 0. The van der Waals surface area contributed by atoms with E-state index in [2.05, 4.69) is 15.4 Å². The Morgan fingerprint density at radius 1 is 0.806 bits per heavy atom. The zero-order valence-corrected chi connectivity index (χ0v) is 16.8. The summed E-state index contributed by atoms with van der Waals surface area (Å²) in [4.78, 5) is 36.4. The number of halogens is 1. The third-order valence-corrected chi connectivity index (χ3v) is 4.79. The van der Waals surface area contributed by atoms with Crippen molar-refractivity contribution in [2.45, 2.75) is 4.90 Å². The number of nitrogens with two attached hydrogens (primary N) is 1. The van der Waals surface area contributed by atoms with Crippen LogP contribution in [-0.2, 0) is 0 Å². The largest absolute Gasteiger partial charge is 0.329 e. The Balaban J connectivity index is 1.53. The highest BCUT2D eigenvalue weighted by Gasteiger charge is 2.11. The monoisotopic (exact) mass is 439 g/mol. The molecule has 8 nitrogen and oxygen atoms in total. The Labute approximate surface area is 181 Å². The molecule has 4 amide bonds. The lowest BCUT2D eigenvalue weighted by atomic mass is 10.2. The minimum absolute atomic E-state index is 0.0610. The number of hydrogen-bond donors (Lipinski definition) is 5. The number of rotatable bonds is 6. The zero-order valence-electron chi connectivity index (χ0n) is 16.0. The molecule has 0 radical (unpaired) electrons. The van der Waals surface area contributed by atoms with E-state index in [4.69, 9.17) is 5.84 Å². The van der Waals surface area contributed by atoms with E-state index in [0.29, 0.717) is 21.8 Å². The average Bonchev–Trinajstić information content (AvgIpc) is 2.79. The van der Waals surface area contributed by atoms with Gasteiger partial charge in [-0.15, -0.1) is 0 Å². The lowest BCUT2D eigenvalue weighted by Gasteiger charge is -2.09. The van der Waals surface area contributed by atoms with Crippen molar-refractivity contribution in [3.8, 4) is 0 Å². The van der Waals surface area contributed by atoms with E-state index < -0.39 is 23.7 Å². The normalized spacial score (nSPS) is 10.1. The Hall–Kier alpha value is -3.89. The van der Waals surface area contributed by atoms with Crippen molar-refractivity contribution in [1.29, 1.82) is 0 Å². The van der Waals surface area contributed by atoms with Gasteiger partial charge in [-0.25, -0.2) is 15.0 Å². The van der Waals surface area contributed by atoms with Gasteiger partial charge >= 0.3 is 6.03 Å². The molecule has 0 aromatic heterocycles. The van der Waals surface area contributed by atoms with Gasteiger partial charge in [0.25, 0.3) is 11.8 Å². The van der Waals surface area contributed by atoms with Crippen molar-refractivity contribution in [2.24, 2.45) is 5.84 Å². The number of anilines is 2. The van der Waals surface area contributed by atoms with Crippen LogP contribution < -0.4 is 26.6 Å². The maximum atomic E-state index is 13.7. The molecule has 6 N–H and O–H groups in total. The Morgan fingerprint density at radius 2 is 1.48 bits per heavy atom. The van der Waals surface area contributed by atoms with Gasteiger partial charge in [0.2, 0.25) is 0 Å². The van der Waals surface area contributed by atoms with Gasteiger partial charge in [0, 0.05) is 21.8 Å². The molecule has 31 heavy (non-hydrogen) atoms. The van der Waals surface area contributed by atoms with Crippen molar-refractivity contribution < 1.29 is 18.8 Å². The topological polar surface area (TPSA) is 125 Å². The summed E-state index contributed by atoms with van der Waals surface area (Å²) >= 11 is 1.02. The molecule has 3 aromatic carbocycles. The summed E-state index contributed by atoms with van der Waals surface area (Å²) in [7, 11) is 0. The number of benzene rings is 3. The van der Waals surface area contributed by atoms with E-state index >= 15 is 0 Å². The number of urea groups is 1. The first-order valence-corrected chi connectivity index (χ1v) is 9.78. The molecule has 0 bridgehead atoms. The second-order valence-corrected chi connectivity index (χ2v) is 7.05. The summed E-state index contributed by atoms with van der Waals surface area (Å²) < 4.78 is 16.3. The molecule has 0 aliphatic rings. The van der Waals surface area contributed by atoms with Crippen LogP contribution in [0.15, 0.2) is 77.7 Å². The van der Waals surface area contributed by atoms with Crippen molar-refractivity contribution in [3.63, 3.8) is 0 Å². The second kappa shape index (κ2) is 10.2. The summed E-state index contributed by atoms with van der Waals surface area (Å²) in [5.74, 6) is 3.49. The standard InChI is InChI=1S/C21H18FN5O3S/c22-18-7-2-1-6-17(18)20(29)24-14-8-10-15(11-9-14)25-21(30)27-31-16-5-3-4-13(12-16)19(28)26-23/h1-12H,23H2,(H,24,29)(H,26,28)(H2,25,27,30). The number of carbonyl (C=O) groups excluding carboxylic acids is 3. The highest BCUT2D eigenvalue weighted by molar-refractivity contribution is 7.98. The fraction of sp³-hybridized carbons (Fsp3) is 0. The molecule has 158 valence electrons. The maximum Gasteiger partial charge on any atom is 0.329 e. The predicted molar refractivity (Wildman–Crippen MR) is 117 cm³/mol. The maximum absolute atomic E-state index is 13.7. The van der Waals surface area contributed by atoms with Crippen LogP contribution in [-0.4, -0.2) is 17.8 Å². The first kappa shape index (κ1) is 21.8. The predicted octanol–water partition coefficient (Wildman–Crippen LogP) is 3.51. The fourth-order valence-corrected chi connectivity index (χ4v) is 3.12. The van der Waals surface area contributed by atoms with Crippen molar-refractivity contribution in [1.82, 2.24) is 10.1 Å². The van der Waals surface area contributed by atoms with Gasteiger partial charge in [-0.1, -0.05) is 18.2 Å². The number of carbonyl (C=O) groups is 3. The summed E-state index contributed by atoms with van der Waals surface area (Å²) in [6.07, 6.45) is 0. The average molecular weight is 439 g/mol. The Kier molecular flexibility index (Phi) is 7.20. The van der Waals surface area contributed by atoms with Gasteiger partial charge in [0.15, 0.2) is 0 Å². The van der Waals surface area contributed by atoms with E-state index in [9.17, 15) is 18.8 Å². The van der Waals surface area contributed by atoms with Gasteiger partial charge in [-0.3, -0.25) is 19.7 Å². The van der Waals surface area contributed by atoms with E-state index in [1.165, 1.54) is 18.2 Å². The van der Waals surface area contributed by atoms with Crippen molar-refractivity contribution in [3.05, 3.63) is 89.7 Å². The van der Waals surface area contributed by atoms with Gasteiger partial charge < -0.3 is 10.6 Å². The molecule has 0 spiro atoms. The van der Waals surface area contributed by atoms with E-state index in [-0.39, 0.29) is 5.56 Å². The highest BCUT2D eigenvalue weighted by Crippen LogP contribution is 2.18. The van der Waals surface area contributed by atoms with E-state index in [0.717, 1.165) is 11.9 Å². The van der Waals surface area contributed by atoms with Crippen LogP contribution in [0.5, 0.6) is 0 Å². The van der Waals surface area contributed by atoms with Crippen molar-refractivity contribution in [2.75, 3.05) is 10.6 Å². The minimum Gasteiger partial charge on any atom is -0.322 e. The molecular formula is C21H18FN5O3S. The number of amides is 4. The lowest BCUT2D eigenvalue weighted by molar-refractivity contribution is 0.0952. The first-order chi connectivity index (χ1) is 15.0. The number of nitrogen functional groups attached to an aromatic ring is 1. The molecule has 0 fully saturated rings. The summed E-state index contributed by atoms with van der Waals surface area (Å²) in [6, 6.07) is 18.1. The molecule has 0 unspecified atom stereocenters. The molecule has 0 aliphatic carbocycles. The second-order valence-electron chi connectivity index (χ2n) is 6.17. The quantitative estimate of drug-likeness (QED) is 0.174. The third kappa shape index (κ3) is 6.04. The molecule has 0 aliphatic heterocycles. The summed E-state index contributed by atoms with van der Waals surface area (Å²) in [5.41, 5.74) is 3.28. The van der Waals surface area contributed by atoms with Gasteiger partial charge in [-0.05, 0) is 66.5 Å². The molecule has 0 heterocycles. The van der Waals surface area contributed by atoms with Crippen LogP contribution in [0, 0.1) is 5.82 Å². The summed E-state index contributed by atoms with van der Waals surface area (Å²) in [5, 5.41) is 5.23. The first-order valence-electron chi connectivity index (χ1n) is 8.97. The molecule has 0 saturated carbocycles. The van der Waals surface area contributed by atoms with Crippen LogP contribution in [0.3, 0.4) is 0 Å². The fourth-order valence-electron chi connectivity index (χ4n) is 2.53. The van der Waals surface area contributed by atoms with Crippen molar-refractivity contribution >= 4 is 41.2 Å². The van der Waals surface area contributed by atoms with E-state index in [1.807, 2.05) is 5.43 Å².